The Kier molecular flexibility index (Phi) is 4.44. The van der Waals surface area contributed by atoms with E-state index in [1.807, 2.05) is 24.3 Å². The minimum Gasteiger partial charge on any atom is -0.454 e. The van der Waals surface area contributed by atoms with Gasteiger partial charge in [0.05, 0.1) is 5.56 Å². The van der Waals surface area contributed by atoms with Crippen molar-refractivity contribution in [3.05, 3.63) is 56.1 Å². The first-order valence-electron chi connectivity index (χ1n) is 6.63. The number of carbonyl (C=O) groups is 1. The fraction of sp³-hybridized carbons (Fsp3) is 0.188. The number of nitrogens with zero attached hydrogens (tertiary/aromatic N) is 1. The van der Waals surface area contributed by atoms with Crippen LogP contribution >= 0.6 is 34.2 Å². The van der Waals surface area contributed by atoms with Crippen LogP contribution in [-0.4, -0.2) is 24.6 Å². The molecule has 1 heterocycles. The summed E-state index contributed by atoms with van der Waals surface area (Å²) < 4.78 is 11.5. The molecular weight excluding hydrogens is 417 g/mol. The average Bonchev–Trinajstić information content (AvgIpc) is 2.96. The monoisotopic (exact) mass is 429 g/mol. The number of carbonyl (C=O) groups excluding carboxylic acids is 1. The Morgan fingerprint density at radius 2 is 2.00 bits per heavy atom. The maximum absolute atomic E-state index is 12.6. The van der Waals surface area contributed by atoms with E-state index >= 15 is 0 Å². The molecule has 0 bridgehead atoms. The maximum atomic E-state index is 12.6. The van der Waals surface area contributed by atoms with Gasteiger partial charge in [0.25, 0.3) is 5.91 Å². The van der Waals surface area contributed by atoms with Gasteiger partial charge in [0, 0.05) is 22.2 Å². The van der Waals surface area contributed by atoms with Crippen LogP contribution in [0.5, 0.6) is 11.5 Å². The second-order valence-corrected chi connectivity index (χ2v) is 6.57. The van der Waals surface area contributed by atoms with Gasteiger partial charge in [0.1, 0.15) is 0 Å². The summed E-state index contributed by atoms with van der Waals surface area (Å²) in [5, 5.41) is 0.556. The van der Waals surface area contributed by atoms with Gasteiger partial charge in [-0.2, -0.15) is 0 Å². The van der Waals surface area contributed by atoms with E-state index in [4.69, 9.17) is 21.1 Å². The molecule has 0 unspecified atom stereocenters. The predicted octanol–water partition coefficient (Wildman–Crippen LogP) is 3.95. The summed E-state index contributed by atoms with van der Waals surface area (Å²) in [7, 11) is 1.77. The van der Waals surface area contributed by atoms with E-state index in [1.165, 1.54) is 0 Å². The van der Waals surface area contributed by atoms with Gasteiger partial charge in [-0.1, -0.05) is 17.7 Å². The molecule has 2 aromatic rings. The smallest absolute Gasteiger partial charge is 0.255 e. The molecule has 114 valence electrons. The topological polar surface area (TPSA) is 38.8 Å². The van der Waals surface area contributed by atoms with Crippen LogP contribution in [0.2, 0.25) is 5.02 Å². The minimum absolute atomic E-state index is 0.0652. The zero-order chi connectivity index (χ0) is 15.7. The van der Waals surface area contributed by atoms with Crippen LogP contribution < -0.4 is 9.47 Å². The van der Waals surface area contributed by atoms with E-state index in [9.17, 15) is 4.79 Å². The Labute approximate surface area is 147 Å². The molecule has 2 aromatic carbocycles. The van der Waals surface area contributed by atoms with Gasteiger partial charge >= 0.3 is 0 Å². The van der Waals surface area contributed by atoms with Gasteiger partial charge in [-0.05, 0) is 58.5 Å². The summed E-state index contributed by atoms with van der Waals surface area (Å²) in [5.41, 5.74) is 1.59. The van der Waals surface area contributed by atoms with Crippen LogP contribution in [0.1, 0.15) is 15.9 Å². The molecule has 6 heteroatoms. The van der Waals surface area contributed by atoms with E-state index in [0.29, 0.717) is 17.1 Å². The van der Waals surface area contributed by atoms with E-state index in [1.54, 1.807) is 24.1 Å². The summed E-state index contributed by atoms with van der Waals surface area (Å²) in [6.07, 6.45) is 0. The number of halogens is 2. The fourth-order valence-corrected chi connectivity index (χ4v) is 2.99. The molecule has 1 aliphatic heterocycles. The number of ether oxygens (including phenoxy) is 2. The third-order valence-electron chi connectivity index (χ3n) is 3.36. The van der Waals surface area contributed by atoms with Gasteiger partial charge in [0.2, 0.25) is 6.79 Å². The largest absolute Gasteiger partial charge is 0.454 e. The first kappa shape index (κ1) is 15.4. The molecule has 3 rings (SSSR count). The minimum atomic E-state index is -0.0652. The molecule has 1 amide bonds. The van der Waals surface area contributed by atoms with Crippen LogP contribution in [0.3, 0.4) is 0 Å². The number of benzene rings is 2. The average molecular weight is 430 g/mol. The lowest BCUT2D eigenvalue weighted by atomic mass is 10.1. The highest BCUT2D eigenvalue weighted by molar-refractivity contribution is 14.1. The van der Waals surface area contributed by atoms with Crippen molar-refractivity contribution in [1.29, 1.82) is 0 Å². The highest BCUT2D eigenvalue weighted by Gasteiger charge is 2.18. The Hall–Kier alpha value is -1.47. The lowest BCUT2D eigenvalue weighted by Crippen LogP contribution is -2.26. The van der Waals surface area contributed by atoms with Crippen LogP contribution in [0.4, 0.5) is 0 Å². The summed E-state index contributed by atoms with van der Waals surface area (Å²) in [6, 6.07) is 11.0. The Morgan fingerprint density at radius 3 is 2.82 bits per heavy atom. The van der Waals surface area contributed by atoms with E-state index in [0.717, 1.165) is 20.6 Å². The fourth-order valence-electron chi connectivity index (χ4n) is 2.25. The highest BCUT2D eigenvalue weighted by Crippen LogP contribution is 2.32. The molecule has 0 atom stereocenters. The van der Waals surface area contributed by atoms with E-state index in [2.05, 4.69) is 22.6 Å². The van der Waals surface area contributed by atoms with Crippen molar-refractivity contribution in [2.24, 2.45) is 0 Å². The van der Waals surface area contributed by atoms with Crippen molar-refractivity contribution in [3.8, 4) is 11.5 Å². The summed E-state index contributed by atoms with van der Waals surface area (Å²) in [4.78, 5) is 14.2. The normalized spacial score (nSPS) is 12.3. The molecule has 0 saturated carbocycles. The number of hydrogen-bond acceptors (Lipinski definition) is 3. The highest BCUT2D eigenvalue weighted by atomic mass is 127. The number of fused-ring (bicyclic) bond motifs is 1. The number of hydrogen-bond donors (Lipinski definition) is 0. The molecule has 0 spiro atoms. The Bertz CT molecular complexity index is 735. The Morgan fingerprint density at radius 1 is 1.23 bits per heavy atom. The first-order chi connectivity index (χ1) is 10.5. The van der Waals surface area contributed by atoms with Crippen LogP contribution in [0.15, 0.2) is 36.4 Å². The third-order valence-corrected chi connectivity index (χ3v) is 4.54. The molecule has 1 aliphatic rings. The molecular formula is C16H13ClINO3. The van der Waals surface area contributed by atoms with Crippen LogP contribution in [0.25, 0.3) is 0 Å². The second kappa shape index (κ2) is 6.34. The van der Waals surface area contributed by atoms with E-state index < -0.39 is 0 Å². The first-order valence-corrected chi connectivity index (χ1v) is 8.09. The molecule has 0 aromatic heterocycles. The van der Waals surface area contributed by atoms with Gasteiger partial charge in [-0.15, -0.1) is 0 Å². The second-order valence-electron chi connectivity index (χ2n) is 4.97. The quantitative estimate of drug-likeness (QED) is 0.694. The lowest BCUT2D eigenvalue weighted by molar-refractivity contribution is 0.0784. The molecule has 0 aliphatic carbocycles. The van der Waals surface area contributed by atoms with Gasteiger partial charge in [0.15, 0.2) is 11.5 Å². The zero-order valence-electron chi connectivity index (χ0n) is 11.8. The van der Waals surface area contributed by atoms with Crippen molar-refractivity contribution in [3.63, 3.8) is 0 Å². The maximum Gasteiger partial charge on any atom is 0.255 e. The van der Waals surface area contributed by atoms with Crippen molar-refractivity contribution >= 4 is 40.1 Å². The molecule has 0 radical (unpaired) electrons. The molecule has 0 N–H and O–H groups in total. The van der Waals surface area contributed by atoms with Crippen molar-refractivity contribution in [1.82, 2.24) is 4.90 Å². The molecule has 22 heavy (non-hydrogen) atoms. The summed E-state index contributed by atoms with van der Waals surface area (Å²) in [6.45, 7) is 0.729. The predicted molar refractivity (Wildman–Crippen MR) is 92.5 cm³/mol. The number of rotatable bonds is 3. The third kappa shape index (κ3) is 3.15. The van der Waals surface area contributed by atoms with Gasteiger partial charge in [-0.3, -0.25) is 4.79 Å². The van der Waals surface area contributed by atoms with Crippen LogP contribution in [-0.2, 0) is 6.54 Å². The van der Waals surface area contributed by atoms with Crippen molar-refractivity contribution in [2.75, 3.05) is 13.8 Å². The standard InChI is InChI=1S/C16H13ClINO3/c1-19(16(20)12-7-11(17)3-4-13(12)18)8-10-2-5-14-15(6-10)22-9-21-14/h2-7H,8-9H2,1H3. The Balaban J connectivity index is 1.77. The zero-order valence-corrected chi connectivity index (χ0v) is 14.7. The van der Waals surface area contributed by atoms with Gasteiger partial charge in [-0.25, -0.2) is 0 Å². The van der Waals surface area contributed by atoms with Gasteiger partial charge < -0.3 is 14.4 Å². The van der Waals surface area contributed by atoms with Crippen molar-refractivity contribution < 1.29 is 14.3 Å². The molecule has 0 fully saturated rings. The van der Waals surface area contributed by atoms with Crippen LogP contribution in [0, 0.1) is 3.57 Å². The summed E-state index contributed by atoms with van der Waals surface area (Å²) >= 11 is 8.12. The number of amides is 1. The van der Waals surface area contributed by atoms with Crippen molar-refractivity contribution in [2.45, 2.75) is 6.54 Å². The lowest BCUT2D eigenvalue weighted by Gasteiger charge is -2.18. The SMILES string of the molecule is CN(Cc1ccc2c(c1)OCO2)C(=O)c1cc(Cl)ccc1I. The summed E-state index contributed by atoms with van der Waals surface area (Å²) in [5.74, 6) is 1.39. The molecule has 4 nitrogen and oxygen atoms in total. The molecule has 0 saturated heterocycles. The van der Waals surface area contributed by atoms with E-state index in [-0.39, 0.29) is 12.7 Å².